The molecule has 28 heavy (non-hydrogen) atoms. The van der Waals surface area contributed by atoms with E-state index >= 15 is 0 Å². The Morgan fingerprint density at radius 1 is 1.18 bits per heavy atom. The van der Waals surface area contributed by atoms with E-state index in [1.165, 1.54) is 23.2 Å². The number of halogens is 1. The molecule has 0 N–H and O–H groups in total. The molecule has 1 aliphatic carbocycles. The lowest BCUT2D eigenvalue weighted by atomic mass is 9.78. The number of morpholine rings is 1. The smallest absolute Gasteiger partial charge is 0.243 e. The molecule has 152 valence electrons. The van der Waals surface area contributed by atoms with Gasteiger partial charge in [-0.15, -0.1) is 0 Å². The van der Waals surface area contributed by atoms with Crippen LogP contribution in [0.15, 0.2) is 23.1 Å². The van der Waals surface area contributed by atoms with Crippen LogP contribution < -0.4 is 0 Å². The van der Waals surface area contributed by atoms with Gasteiger partial charge >= 0.3 is 0 Å². The quantitative estimate of drug-likeness (QED) is 0.770. The Balaban J connectivity index is 1.63. The molecule has 6 nitrogen and oxygen atoms in total. The lowest BCUT2D eigenvalue weighted by molar-refractivity contribution is -0.149. The van der Waals surface area contributed by atoms with Crippen molar-refractivity contribution in [2.24, 2.45) is 0 Å². The highest BCUT2D eigenvalue weighted by molar-refractivity contribution is 7.89. The number of nitriles is 1. The van der Waals surface area contributed by atoms with Gasteiger partial charge in [-0.3, -0.25) is 4.90 Å². The Labute approximate surface area is 165 Å². The zero-order valence-electron chi connectivity index (χ0n) is 15.9. The number of ether oxygens (including phenoxy) is 1. The van der Waals surface area contributed by atoms with Crippen molar-refractivity contribution in [2.75, 3.05) is 32.8 Å². The van der Waals surface area contributed by atoms with Crippen LogP contribution in [0.2, 0.25) is 0 Å². The third-order valence-electron chi connectivity index (χ3n) is 6.39. The highest BCUT2D eigenvalue weighted by atomic mass is 32.2. The summed E-state index contributed by atoms with van der Waals surface area (Å²) < 4.78 is 47.9. The first-order valence-corrected chi connectivity index (χ1v) is 11.5. The fraction of sp³-hybridized carbons (Fsp3) is 0.650. The largest absolute Gasteiger partial charge is 0.371 e. The molecule has 2 saturated heterocycles. The molecule has 0 amide bonds. The molecule has 1 spiro atoms. The molecule has 0 aromatic heterocycles. The molecular formula is C20H26FN3O3S. The van der Waals surface area contributed by atoms with Crippen molar-refractivity contribution < 1.29 is 17.5 Å². The first-order valence-electron chi connectivity index (χ1n) is 10.0. The van der Waals surface area contributed by atoms with Crippen LogP contribution in [-0.4, -0.2) is 62.1 Å². The molecule has 3 aliphatic rings. The zero-order chi connectivity index (χ0) is 19.8. The topological polar surface area (TPSA) is 73.6 Å². The van der Waals surface area contributed by atoms with Crippen molar-refractivity contribution in [2.45, 2.75) is 55.1 Å². The number of likely N-dealkylation sites (tertiary alicyclic amines) is 1. The van der Waals surface area contributed by atoms with E-state index in [1.54, 1.807) is 6.07 Å². The summed E-state index contributed by atoms with van der Waals surface area (Å²) in [5.74, 6) is -0.707. The maximum absolute atomic E-state index is 13.7. The Bertz CT molecular complexity index is 875. The molecule has 0 bridgehead atoms. The first-order chi connectivity index (χ1) is 13.5. The number of hydrogen-bond donors (Lipinski definition) is 0. The number of rotatable bonds is 3. The molecule has 0 unspecified atom stereocenters. The summed E-state index contributed by atoms with van der Waals surface area (Å²) in [6.45, 7) is 3.04. The van der Waals surface area contributed by atoms with Crippen LogP contribution in [0.3, 0.4) is 0 Å². The van der Waals surface area contributed by atoms with E-state index in [0.717, 1.165) is 50.9 Å². The summed E-state index contributed by atoms with van der Waals surface area (Å²) in [7, 11) is -3.82. The Hall–Kier alpha value is -1.53. The molecule has 8 heteroatoms. The lowest BCUT2D eigenvalue weighted by Gasteiger charge is -2.51. The molecule has 2 aliphatic heterocycles. The van der Waals surface area contributed by atoms with Crippen LogP contribution in [-0.2, 0) is 14.8 Å². The normalized spacial score (nSPS) is 29.8. The average Bonchev–Trinajstić information content (AvgIpc) is 3.23. The van der Waals surface area contributed by atoms with Crippen LogP contribution in [0, 0.1) is 17.1 Å². The van der Waals surface area contributed by atoms with Crippen LogP contribution in [0.5, 0.6) is 0 Å². The molecule has 1 aromatic carbocycles. The number of benzene rings is 1. The Morgan fingerprint density at radius 3 is 2.71 bits per heavy atom. The van der Waals surface area contributed by atoms with E-state index in [0.29, 0.717) is 13.2 Å². The highest BCUT2D eigenvalue weighted by Crippen LogP contribution is 2.40. The fourth-order valence-corrected chi connectivity index (χ4v) is 6.50. The second kappa shape index (κ2) is 7.71. The first kappa shape index (κ1) is 19.8. The molecule has 2 heterocycles. The van der Waals surface area contributed by atoms with Crippen molar-refractivity contribution >= 4 is 10.0 Å². The van der Waals surface area contributed by atoms with E-state index in [2.05, 4.69) is 4.90 Å². The minimum absolute atomic E-state index is 0.0315. The van der Waals surface area contributed by atoms with E-state index < -0.39 is 21.4 Å². The summed E-state index contributed by atoms with van der Waals surface area (Å²) in [4.78, 5) is 2.44. The van der Waals surface area contributed by atoms with Crippen molar-refractivity contribution in [3.8, 4) is 6.07 Å². The zero-order valence-corrected chi connectivity index (χ0v) is 16.8. The maximum Gasteiger partial charge on any atom is 0.243 e. The summed E-state index contributed by atoms with van der Waals surface area (Å²) in [5, 5.41) is 9.05. The van der Waals surface area contributed by atoms with E-state index in [1.807, 2.05) is 0 Å². The van der Waals surface area contributed by atoms with Gasteiger partial charge in [0.15, 0.2) is 0 Å². The summed E-state index contributed by atoms with van der Waals surface area (Å²) >= 11 is 0. The van der Waals surface area contributed by atoms with Gasteiger partial charge in [-0.05, 0) is 57.0 Å². The van der Waals surface area contributed by atoms with Gasteiger partial charge in [0.25, 0.3) is 0 Å². The third kappa shape index (κ3) is 3.45. The maximum atomic E-state index is 13.7. The van der Waals surface area contributed by atoms with Crippen molar-refractivity contribution in [1.82, 2.24) is 9.21 Å². The van der Waals surface area contributed by atoms with Gasteiger partial charge in [-0.25, -0.2) is 12.8 Å². The van der Waals surface area contributed by atoms with Gasteiger partial charge in [0.05, 0.1) is 22.7 Å². The molecule has 4 rings (SSSR count). The number of nitrogens with zero attached hydrogens (tertiary/aromatic N) is 3. The minimum atomic E-state index is -3.82. The van der Waals surface area contributed by atoms with Gasteiger partial charge < -0.3 is 4.74 Å². The predicted molar refractivity (Wildman–Crippen MR) is 102 cm³/mol. The van der Waals surface area contributed by atoms with Gasteiger partial charge in [0.2, 0.25) is 10.0 Å². The molecule has 2 atom stereocenters. The van der Waals surface area contributed by atoms with Crippen LogP contribution >= 0.6 is 0 Å². The molecular weight excluding hydrogens is 381 g/mol. The number of hydrogen-bond acceptors (Lipinski definition) is 5. The second-order valence-corrected chi connectivity index (χ2v) is 9.95. The van der Waals surface area contributed by atoms with Crippen LogP contribution in [0.25, 0.3) is 0 Å². The standard InChI is InChI=1S/C20H26FN3O3S/c21-18-7-6-17(13-16(18)14-22)28(25,26)24-11-12-27-20(15-24)8-2-1-5-19(20)23-9-3-4-10-23/h6-7,13,19H,1-5,8-12,15H2/t19-,20+/m1/s1. The average molecular weight is 408 g/mol. The van der Waals surface area contributed by atoms with Gasteiger partial charge in [0, 0.05) is 19.1 Å². The van der Waals surface area contributed by atoms with Crippen molar-refractivity contribution in [3.63, 3.8) is 0 Å². The Morgan fingerprint density at radius 2 is 1.96 bits per heavy atom. The highest BCUT2D eigenvalue weighted by Gasteiger charge is 2.50. The molecule has 1 saturated carbocycles. The van der Waals surface area contributed by atoms with Gasteiger partial charge in [-0.1, -0.05) is 12.8 Å². The minimum Gasteiger partial charge on any atom is -0.371 e. The van der Waals surface area contributed by atoms with Crippen LogP contribution in [0.4, 0.5) is 4.39 Å². The predicted octanol–water partition coefficient (Wildman–Crippen LogP) is 2.50. The number of sulfonamides is 1. The molecule has 0 radical (unpaired) electrons. The molecule has 1 aromatic rings. The summed E-state index contributed by atoms with van der Waals surface area (Å²) in [6, 6.07) is 5.39. The summed E-state index contributed by atoms with van der Waals surface area (Å²) in [5.41, 5.74) is -0.733. The van der Waals surface area contributed by atoms with Gasteiger partial charge in [0.1, 0.15) is 11.9 Å². The Kier molecular flexibility index (Phi) is 5.45. The third-order valence-corrected chi connectivity index (χ3v) is 8.23. The fourth-order valence-electron chi connectivity index (χ4n) is 4.99. The SMILES string of the molecule is N#Cc1cc(S(=O)(=O)N2CCO[C@@]3(CCCC[C@H]3N3CCCC3)C2)ccc1F. The van der Waals surface area contributed by atoms with Gasteiger partial charge in [-0.2, -0.15) is 9.57 Å². The monoisotopic (exact) mass is 407 g/mol. The summed E-state index contributed by atoms with van der Waals surface area (Å²) in [6.07, 6.45) is 6.42. The van der Waals surface area contributed by atoms with Crippen molar-refractivity contribution in [1.29, 1.82) is 5.26 Å². The van der Waals surface area contributed by atoms with Crippen molar-refractivity contribution in [3.05, 3.63) is 29.6 Å². The lowest BCUT2D eigenvalue weighted by Crippen LogP contribution is -2.64. The van der Waals surface area contributed by atoms with E-state index in [-0.39, 0.29) is 23.0 Å². The van der Waals surface area contributed by atoms with E-state index in [9.17, 15) is 12.8 Å². The van der Waals surface area contributed by atoms with Crippen LogP contribution in [0.1, 0.15) is 44.1 Å². The second-order valence-electron chi connectivity index (χ2n) is 8.01. The van der Waals surface area contributed by atoms with E-state index in [4.69, 9.17) is 10.00 Å². The molecule has 3 fully saturated rings.